The minimum Gasteiger partial charge on any atom is -0.492 e. The molecule has 0 spiro atoms. The minimum atomic E-state index is -4.53. The highest BCUT2D eigenvalue weighted by Crippen LogP contribution is 2.50. The maximum atomic E-state index is 13.2. The number of carbonyl (C=O) groups excluding carboxylic acids is 1. The van der Waals surface area contributed by atoms with E-state index in [-0.39, 0.29) is 47.1 Å². The zero-order valence-electron chi connectivity index (χ0n) is 18.9. The number of methoxy groups -OCH3 is 1. The Morgan fingerprint density at radius 3 is 2.74 bits per heavy atom. The van der Waals surface area contributed by atoms with Gasteiger partial charge in [0, 0.05) is 30.1 Å². The van der Waals surface area contributed by atoms with E-state index in [1.807, 2.05) is 13.1 Å². The maximum Gasteiger partial charge on any atom is 0.416 e. The third-order valence-corrected chi connectivity index (χ3v) is 6.70. The summed E-state index contributed by atoms with van der Waals surface area (Å²) in [7, 11) is 3.46. The van der Waals surface area contributed by atoms with Gasteiger partial charge < -0.3 is 18.6 Å². The van der Waals surface area contributed by atoms with Crippen LogP contribution in [0.1, 0.15) is 39.7 Å². The highest BCUT2D eigenvalue weighted by Gasteiger charge is 2.36. The van der Waals surface area contributed by atoms with E-state index >= 15 is 0 Å². The molecule has 2 aliphatic rings. The van der Waals surface area contributed by atoms with Crippen molar-refractivity contribution in [3.05, 3.63) is 63.9 Å². The Morgan fingerprint density at radius 1 is 1.20 bits per heavy atom. The molecule has 0 N–H and O–H groups in total. The van der Waals surface area contributed by atoms with Gasteiger partial charge in [-0.05, 0) is 55.4 Å². The molecule has 10 heteroatoms. The SMILES string of the molecule is COc1c2c(cc3c1[C@H](CC(=O)c1ccc(-c4cc(C(F)(F)F)ccc4Cl)o1)N(C)CC3)OCO2. The van der Waals surface area contributed by atoms with E-state index in [0.29, 0.717) is 17.2 Å². The summed E-state index contributed by atoms with van der Waals surface area (Å²) in [5, 5.41) is 0.0908. The van der Waals surface area contributed by atoms with Gasteiger partial charge in [-0.15, -0.1) is 0 Å². The first kappa shape index (κ1) is 23.6. The summed E-state index contributed by atoms with van der Waals surface area (Å²) in [6, 6.07) is 7.48. The summed E-state index contributed by atoms with van der Waals surface area (Å²) >= 11 is 6.13. The minimum absolute atomic E-state index is 0.0358. The lowest BCUT2D eigenvalue weighted by atomic mass is 9.88. The van der Waals surface area contributed by atoms with Crippen molar-refractivity contribution >= 4 is 17.4 Å². The number of furan rings is 1. The van der Waals surface area contributed by atoms with Crippen molar-refractivity contribution in [1.82, 2.24) is 4.90 Å². The Kier molecular flexibility index (Phi) is 5.93. The molecule has 0 radical (unpaired) electrons. The lowest BCUT2D eigenvalue weighted by Crippen LogP contribution is -2.34. The zero-order valence-corrected chi connectivity index (χ0v) is 19.6. The number of likely N-dealkylation sites (N-methyl/N-ethyl adjacent to an activating group) is 1. The lowest BCUT2D eigenvalue weighted by Gasteiger charge is -2.35. The summed E-state index contributed by atoms with van der Waals surface area (Å²) in [6.45, 7) is 0.818. The number of nitrogens with zero attached hydrogens (tertiary/aromatic N) is 1. The van der Waals surface area contributed by atoms with Crippen molar-refractivity contribution in [2.24, 2.45) is 0 Å². The first-order valence-corrected chi connectivity index (χ1v) is 11.2. The third-order valence-electron chi connectivity index (χ3n) is 6.37. The second-order valence-electron chi connectivity index (χ2n) is 8.45. The third kappa shape index (κ3) is 4.23. The first-order valence-electron chi connectivity index (χ1n) is 10.9. The number of fused-ring (bicyclic) bond motifs is 2. The van der Waals surface area contributed by atoms with Gasteiger partial charge in [-0.1, -0.05) is 11.6 Å². The average molecular weight is 508 g/mol. The fraction of sp³-hybridized carbons (Fsp3) is 0.320. The molecule has 6 nitrogen and oxygen atoms in total. The van der Waals surface area contributed by atoms with E-state index in [1.54, 1.807) is 7.11 Å². The van der Waals surface area contributed by atoms with E-state index < -0.39 is 11.7 Å². The monoisotopic (exact) mass is 507 g/mol. The van der Waals surface area contributed by atoms with Gasteiger partial charge in [0.1, 0.15) is 5.76 Å². The molecule has 0 bridgehead atoms. The van der Waals surface area contributed by atoms with Crippen LogP contribution in [0.5, 0.6) is 17.2 Å². The van der Waals surface area contributed by atoms with Crippen molar-refractivity contribution in [3.63, 3.8) is 0 Å². The van der Waals surface area contributed by atoms with Crippen LogP contribution in [0, 0.1) is 0 Å². The molecule has 2 aromatic carbocycles. The molecule has 0 amide bonds. The second kappa shape index (κ2) is 8.80. The van der Waals surface area contributed by atoms with Crippen LogP contribution in [-0.2, 0) is 12.6 Å². The molecule has 1 atom stereocenters. The second-order valence-corrected chi connectivity index (χ2v) is 8.85. The normalized spacial score (nSPS) is 17.4. The molecule has 0 saturated carbocycles. The molecule has 3 aromatic rings. The average Bonchev–Trinajstić information content (AvgIpc) is 3.49. The fourth-order valence-electron chi connectivity index (χ4n) is 4.58. The predicted octanol–water partition coefficient (Wildman–Crippen LogP) is 6.16. The van der Waals surface area contributed by atoms with Crippen LogP contribution in [-0.4, -0.2) is 38.2 Å². The predicted molar refractivity (Wildman–Crippen MR) is 121 cm³/mol. The van der Waals surface area contributed by atoms with Crippen molar-refractivity contribution in [3.8, 4) is 28.6 Å². The molecular weight excluding hydrogens is 487 g/mol. The van der Waals surface area contributed by atoms with Crippen molar-refractivity contribution in [2.45, 2.75) is 25.1 Å². The van der Waals surface area contributed by atoms with Crippen molar-refractivity contribution < 1.29 is 36.6 Å². The number of rotatable bonds is 5. The van der Waals surface area contributed by atoms with E-state index in [4.69, 9.17) is 30.2 Å². The number of hydrogen-bond donors (Lipinski definition) is 0. The number of ether oxygens (including phenoxy) is 3. The highest BCUT2D eigenvalue weighted by molar-refractivity contribution is 6.33. The topological polar surface area (TPSA) is 61.1 Å². The van der Waals surface area contributed by atoms with Gasteiger partial charge in [-0.25, -0.2) is 0 Å². The Morgan fingerprint density at radius 2 is 2.00 bits per heavy atom. The van der Waals surface area contributed by atoms with Crippen molar-refractivity contribution in [2.75, 3.05) is 27.5 Å². The van der Waals surface area contributed by atoms with Crippen LogP contribution in [0.3, 0.4) is 0 Å². The first-order chi connectivity index (χ1) is 16.7. The lowest BCUT2D eigenvalue weighted by molar-refractivity contribution is -0.137. The largest absolute Gasteiger partial charge is 0.492 e. The van der Waals surface area contributed by atoms with E-state index in [1.165, 1.54) is 12.1 Å². The molecule has 0 unspecified atom stereocenters. The summed E-state index contributed by atoms with van der Waals surface area (Å²) in [6.07, 6.45) is -3.71. The number of Topliss-reactive ketones (excluding diaryl/α,β-unsaturated/α-hetero) is 1. The molecule has 3 heterocycles. The molecule has 0 aliphatic carbocycles. The molecule has 35 heavy (non-hydrogen) atoms. The summed E-state index contributed by atoms with van der Waals surface area (Å²) in [5.74, 6) is 1.48. The number of benzene rings is 2. The quantitative estimate of drug-likeness (QED) is 0.386. The highest BCUT2D eigenvalue weighted by atomic mass is 35.5. The van der Waals surface area contributed by atoms with Gasteiger partial charge in [-0.2, -0.15) is 13.2 Å². The fourth-order valence-corrected chi connectivity index (χ4v) is 4.79. The van der Waals surface area contributed by atoms with Crippen LogP contribution in [0.15, 0.2) is 40.8 Å². The molecule has 184 valence electrons. The van der Waals surface area contributed by atoms with Gasteiger partial charge in [0.25, 0.3) is 0 Å². The zero-order chi connectivity index (χ0) is 24.9. The van der Waals surface area contributed by atoms with Crippen molar-refractivity contribution in [1.29, 1.82) is 0 Å². The molecule has 2 aliphatic heterocycles. The molecule has 1 aromatic heterocycles. The number of carbonyl (C=O) groups is 1. The van der Waals surface area contributed by atoms with E-state index in [0.717, 1.165) is 42.3 Å². The van der Waals surface area contributed by atoms with Crippen LogP contribution < -0.4 is 14.2 Å². The molecule has 5 rings (SSSR count). The number of halogens is 4. The van der Waals surface area contributed by atoms with Gasteiger partial charge in [-0.3, -0.25) is 9.69 Å². The number of alkyl halides is 3. The Bertz CT molecular complexity index is 1300. The number of ketones is 1. The van der Waals surface area contributed by atoms with Gasteiger partial charge >= 0.3 is 6.18 Å². The molecule has 0 fully saturated rings. The standard InChI is InChI=1S/C25H21ClF3NO5/c1-30-8-7-13-9-21-23(34-12-33-21)24(32-2)22(13)17(30)11-18(31)20-6-5-19(35-20)15-10-14(25(27,28)29)3-4-16(15)26/h3-6,9-10,17H,7-8,11-12H2,1-2H3/t17-/m0/s1. The summed E-state index contributed by atoms with van der Waals surface area (Å²) in [5.41, 5.74) is 1.08. The smallest absolute Gasteiger partial charge is 0.416 e. The van der Waals surface area contributed by atoms with E-state index in [9.17, 15) is 18.0 Å². The van der Waals surface area contributed by atoms with Crippen LogP contribution >= 0.6 is 11.6 Å². The van der Waals surface area contributed by atoms with Gasteiger partial charge in [0.05, 0.1) is 17.7 Å². The Labute approximate surface area is 204 Å². The maximum absolute atomic E-state index is 13.2. The van der Waals surface area contributed by atoms with Crippen LogP contribution in [0.25, 0.3) is 11.3 Å². The van der Waals surface area contributed by atoms with Gasteiger partial charge in [0.15, 0.2) is 23.0 Å². The molecular formula is C25H21ClF3NO5. The van der Waals surface area contributed by atoms with Gasteiger partial charge in [0.2, 0.25) is 12.5 Å². The summed E-state index contributed by atoms with van der Waals surface area (Å²) in [4.78, 5) is 15.3. The van der Waals surface area contributed by atoms with Crippen LogP contribution in [0.4, 0.5) is 13.2 Å². The molecule has 0 saturated heterocycles. The van der Waals surface area contributed by atoms with Crippen LogP contribution in [0.2, 0.25) is 5.02 Å². The van der Waals surface area contributed by atoms with E-state index in [2.05, 4.69) is 4.90 Å². The Balaban J connectivity index is 1.45. The summed E-state index contributed by atoms with van der Waals surface area (Å²) < 4.78 is 61.9. The number of hydrogen-bond acceptors (Lipinski definition) is 6. The Hall–Kier alpha value is -3.17.